The van der Waals surface area contributed by atoms with Crippen molar-refractivity contribution in [3.63, 3.8) is 0 Å². The molecular formula is C13H19NO3. The fourth-order valence-electron chi connectivity index (χ4n) is 1.35. The van der Waals surface area contributed by atoms with E-state index in [1.165, 1.54) is 6.07 Å². The maximum absolute atomic E-state index is 11.7. The molecule has 17 heavy (non-hydrogen) atoms. The summed E-state index contributed by atoms with van der Waals surface area (Å²) in [5.74, 6) is -0.254. The summed E-state index contributed by atoms with van der Waals surface area (Å²) >= 11 is 0. The van der Waals surface area contributed by atoms with Crippen LogP contribution in [0.25, 0.3) is 0 Å². The Bertz CT molecular complexity index is 363. The van der Waals surface area contributed by atoms with Crippen molar-refractivity contribution in [2.75, 3.05) is 13.2 Å². The molecule has 0 aliphatic heterocycles. The summed E-state index contributed by atoms with van der Waals surface area (Å²) in [6, 6.07) is 6.49. The number of para-hydroxylation sites is 1. The number of rotatable bonds is 6. The molecule has 0 heterocycles. The molecule has 0 aromatic heterocycles. The average molecular weight is 237 g/mol. The zero-order chi connectivity index (χ0) is 12.7. The van der Waals surface area contributed by atoms with E-state index in [0.29, 0.717) is 18.7 Å². The van der Waals surface area contributed by atoms with Gasteiger partial charge in [-0.05, 0) is 32.4 Å². The number of carbonyl (C=O) groups is 1. The zero-order valence-corrected chi connectivity index (χ0v) is 10.3. The largest absolute Gasteiger partial charge is 0.507 e. The summed E-state index contributed by atoms with van der Waals surface area (Å²) in [7, 11) is 0. The molecule has 0 fully saturated rings. The summed E-state index contributed by atoms with van der Waals surface area (Å²) in [5, 5.41) is 12.2. The first-order valence-electron chi connectivity index (χ1n) is 5.79. The Kier molecular flexibility index (Phi) is 5.49. The van der Waals surface area contributed by atoms with Crippen LogP contribution in [0.1, 0.15) is 30.6 Å². The third kappa shape index (κ3) is 4.87. The Morgan fingerprint density at radius 2 is 2.12 bits per heavy atom. The Morgan fingerprint density at radius 3 is 2.76 bits per heavy atom. The normalized spacial score (nSPS) is 10.5. The Hall–Kier alpha value is -1.55. The van der Waals surface area contributed by atoms with Gasteiger partial charge < -0.3 is 15.2 Å². The van der Waals surface area contributed by atoms with Gasteiger partial charge in [0.05, 0.1) is 11.7 Å². The molecule has 1 amide bonds. The van der Waals surface area contributed by atoms with Gasteiger partial charge in [0, 0.05) is 13.2 Å². The third-order valence-electron chi connectivity index (χ3n) is 2.21. The Morgan fingerprint density at radius 1 is 1.41 bits per heavy atom. The highest BCUT2D eigenvalue weighted by molar-refractivity contribution is 5.96. The minimum absolute atomic E-state index is 0.00318. The van der Waals surface area contributed by atoms with E-state index in [9.17, 15) is 9.90 Å². The van der Waals surface area contributed by atoms with Crippen LogP contribution in [0.5, 0.6) is 5.75 Å². The topological polar surface area (TPSA) is 58.6 Å². The minimum Gasteiger partial charge on any atom is -0.507 e. The lowest BCUT2D eigenvalue weighted by molar-refractivity contribution is 0.0757. The van der Waals surface area contributed by atoms with E-state index in [1.54, 1.807) is 18.2 Å². The van der Waals surface area contributed by atoms with Gasteiger partial charge in [-0.25, -0.2) is 0 Å². The number of carbonyl (C=O) groups excluding carboxylic acids is 1. The van der Waals surface area contributed by atoms with Crippen LogP contribution in [0.3, 0.4) is 0 Å². The van der Waals surface area contributed by atoms with Gasteiger partial charge in [0.1, 0.15) is 5.75 Å². The minimum atomic E-state index is -0.257. The van der Waals surface area contributed by atoms with Gasteiger partial charge >= 0.3 is 0 Å². The van der Waals surface area contributed by atoms with Crippen molar-refractivity contribution in [1.82, 2.24) is 5.32 Å². The first kappa shape index (κ1) is 13.5. The quantitative estimate of drug-likeness (QED) is 0.743. The van der Waals surface area contributed by atoms with E-state index < -0.39 is 0 Å². The number of phenolic OH excluding ortho intramolecular Hbond substituents is 1. The van der Waals surface area contributed by atoms with Crippen LogP contribution in [-0.2, 0) is 4.74 Å². The first-order chi connectivity index (χ1) is 8.11. The van der Waals surface area contributed by atoms with Gasteiger partial charge in [0.15, 0.2) is 0 Å². The molecule has 1 aromatic carbocycles. The van der Waals surface area contributed by atoms with Crippen LogP contribution in [0.4, 0.5) is 0 Å². The molecule has 0 aliphatic carbocycles. The van der Waals surface area contributed by atoms with Gasteiger partial charge in [0.2, 0.25) is 0 Å². The number of aromatic hydroxyl groups is 1. The second kappa shape index (κ2) is 6.91. The molecule has 4 nitrogen and oxygen atoms in total. The molecule has 0 bridgehead atoms. The van der Waals surface area contributed by atoms with Gasteiger partial charge in [-0.1, -0.05) is 12.1 Å². The SMILES string of the molecule is CC(C)OCCCNC(=O)c1ccccc1O. The van der Waals surface area contributed by atoms with E-state index in [2.05, 4.69) is 5.32 Å². The lowest BCUT2D eigenvalue weighted by atomic mass is 10.2. The summed E-state index contributed by atoms with van der Waals surface area (Å²) in [6.45, 7) is 5.11. The van der Waals surface area contributed by atoms with Crippen LogP contribution in [-0.4, -0.2) is 30.3 Å². The van der Waals surface area contributed by atoms with E-state index in [4.69, 9.17) is 4.74 Å². The number of nitrogens with one attached hydrogen (secondary N) is 1. The number of amides is 1. The lowest BCUT2D eigenvalue weighted by Gasteiger charge is -2.08. The summed E-state index contributed by atoms with van der Waals surface area (Å²) in [4.78, 5) is 11.7. The van der Waals surface area contributed by atoms with Crippen molar-refractivity contribution in [2.45, 2.75) is 26.4 Å². The first-order valence-corrected chi connectivity index (χ1v) is 5.79. The second-order valence-electron chi connectivity index (χ2n) is 4.05. The highest BCUT2D eigenvalue weighted by Crippen LogP contribution is 2.14. The monoisotopic (exact) mass is 237 g/mol. The zero-order valence-electron chi connectivity index (χ0n) is 10.3. The molecule has 1 aromatic rings. The van der Waals surface area contributed by atoms with Gasteiger partial charge in [0.25, 0.3) is 5.91 Å². The fraction of sp³-hybridized carbons (Fsp3) is 0.462. The van der Waals surface area contributed by atoms with Crippen molar-refractivity contribution >= 4 is 5.91 Å². The highest BCUT2D eigenvalue weighted by Gasteiger charge is 2.08. The number of hydrogen-bond donors (Lipinski definition) is 2. The molecule has 0 unspecified atom stereocenters. The van der Waals surface area contributed by atoms with Crippen LogP contribution in [0.2, 0.25) is 0 Å². The van der Waals surface area contributed by atoms with Crippen LogP contribution < -0.4 is 5.32 Å². The lowest BCUT2D eigenvalue weighted by Crippen LogP contribution is -2.25. The van der Waals surface area contributed by atoms with Gasteiger partial charge in [-0.15, -0.1) is 0 Å². The van der Waals surface area contributed by atoms with Crippen molar-refractivity contribution in [3.05, 3.63) is 29.8 Å². The Balaban J connectivity index is 2.29. The van der Waals surface area contributed by atoms with Crippen LogP contribution in [0, 0.1) is 0 Å². The molecule has 4 heteroatoms. The van der Waals surface area contributed by atoms with Crippen LogP contribution in [0.15, 0.2) is 24.3 Å². The van der Waals surface area contributed by atoms with Crippen molar-refractivity contribution in [3.8, 4) is 5.75 Å². The smallest absolute Gasteiger partial charge is 0.255 e. The van der Waals surface area contributed by atoms with Crippen molar-refractivity contribution < 1.29 is 14.6 Å². The molecule has 0 radical (unpaired) electrons. The molecule has 94 valence electrons. The number of phenols is 1. The fourth-order valence-corrected chi connectivity index (χ4v) is 1.35. The predicted octanol–water partition coefficient (Wildman–Crippen LogP) is 1.94. The third-order valence-corrected chi connectivity index (χ3v) is 2.21. The highest BCUT2D eigenvalue weighted by atomic mass is 16.5. The van der Waals surface area contributed by atoms with Crippen molar-refractivity contribution in [2.24, 2.45) is 0 Å². The molecule has 2 N–H and O–H groups in total. The van der Waals surface area contributed by atoms with E-state index in [1.807, 2.05) is 13.8 Å². The molecule has 0 aliphatic rings. The Labute approximate surface area is 102 Å². The molecule has 0 atom stereocenters. The van der Waals surface area contributed by atoms with Crippen molar-refractivity contribution in [1.29, 1.82) is 0 Å². The standard InChI is InChI=1S/C13H19NO3/c1-10(2)17-9-5-8-14-13(16)11-6-3-4-7-12(11)15/h3-4,6-7,10,15H,5,8-9H2,1-2H3,(H,14,16). The van der Waals surface area contributed by atoms with E-state index >= 15 is 0 Å². The summed E-state index contributed by atoms with van der Waals surface area (Å²) < 4.78 is 5.35. The molecule has 0 spiro atoms. The average Bonchev–Trinajstić information content (AvgIpc) is 2.28. The maximum atomic E-state index is 11.7. The summed E-state index contributed by atoms with van der Waals surface area (Å²) in [6.07, 6.45) is 0.973. The maximum Gasteiger partial charge on any atom is 0.255 e. The molecule has 0 saturated heterocycles. The molecule has 1 rings (SSSR count). The molecular weight excluding hydrogens is 218 g/mol. The number of benzene rings is 1. The summed E-state index contributed by atoms with van der Waals surface area (Å²) in [5.41, 5.74) is 0.303. The van der Waals surface area contributed by atoms with Crippen LogP contribution >= 0.6 is 0 Å². The predicted molar refractivity (Wildman–Crippen MR) is 66.1 cm³/mol. The van der Waals surface area contributed by atoms with E-state index in [-0.39, 0.29) is 17.8 Å². The van der Waals surface area contributed by atoms with Gasteiger partial charge in [-0.3, -0.25) is 4.79 Å². The number of ether oxygens (including phenoxy) is 1. The van der Waals surface area contributed by atoms with Gasteiger partial charge in [-0.2, -0.15) is 0 Å². The van der Waals surface area contributed by atoms with E-state index in [0.717, 1.165) is 6.42 Å². The second-order valence-corrected chi connectivity index (χ2v) is 4.05. The number of hydrogen-bond acceptors (Lipinski definition) is 3. The molecule has 0 saturated carbocycles.